The molecule has 2 aromatic rings. The number of nitro groups is 1. The van der Waals surface area contributed by atoms with Crippen molar-refractivity contribution < 1.29 is 9.72 Å². The van der Waals surface area contributed by atoms with Crippen LogP contribution in [0.2, 0.25) is 0 Å². The van der Waals surface area contributed by atoms with E-state index in [0.717, 1.165) is 22.6 Å². The molecule has 6 heteroatoms. The van der Waals surface area contributed by atoms with Gasteiger partial charge in [-0.1, -0.05) is 0 Å². The van der Waals surface area contributed by atoms with Gasteiger partial charge in [-0.05, 0) is 35.9 Å². The number of nitro benzene ring substituents is 1. The number of nitrogens with zero attached hydrogens (tertiary/aromatic N) is 2. The van der Waals surface area contributed by atoms with Crippen LogP contribution < -0.4 is 10.2 Å². The minimum atomic E-state index is -0.430. The summed E-state index contributed by atoms with van der Waals surface area (Å²) in [6.07, 6.45) is 0.404. The van der Waals surface area contributed by atoms with Gasteiger partial charge >= 0.3 is 0 Å². The molecule has 1 N–H and O–H groups in total. The summed E-state index contributed by atoms with van der Waals surface area (Å²) in [4.78, 5) is 23.5. The van der Waals surface area contributed by atoms with Crippen molar-refractivity contribution >= 4 is 28.7 Å². The number of hydrogen-bond donors (Lipinski definition) is 1. The maximum Gasteiger partial charge on any atom is 0.269 e. The van der Waals surface area contributed by atoms with E-state index in [1.807, 2.05) is 18.2 Å². The number of fused-ring (bicyclic) bond motifs is 1. The van der Waals surface area contributed by atoms with E-state index in [0.29, 0.717) is 6.42 Å². The van der Waals surface area contributed by atoms with E-state index in [1.54, 1.807) is 24.1 Å². The number of rotatable bonds is 3. The van der Waals surface area contributed by atoms with E-state index in [-0.39, 0.29) is 11.6 Å². The predicted molar refractivity (Wildman–Crippen MR) is 79.9 cm³/mol. The first kappa shape index (κ1) is 13.1. The molecule has 0 atom stereocenters. The molecule has 21 heavy (non-hydrogen) atoms. The summed E-state index contributed by atoms with van der Waals surface area (Å²) in [5.74, 6) is 0.0810. The highest BCUT2D eigenvalue weighted by Crippen LogP contribution is 2.31. The van der Waals surface area contributed by atoms with Crippen molar-refractivity contribution in [2.45, 2.75) is 6.42 Å². The third-order valence-electron chi connectivity index (χ3n) is 3.52. The molecule has 1 heterocycles. The minimum Gasteiger partial charge on any atom is -0.356 e. The Morgan fingerprint density at radius 2 is 1.81 bits per heavy atom. The van der Waals surface area contributed by atoms with Gasteiger partial charge < -0.3 is 10.2 Å². The zero-order chi connectivity index (χ0) is 15.0. The number of amides is 1. The van der Waals surface area contributed by atoms with Crippen LogP contribution in [0.15, 0.2) is 42.5 Å². The molecule has 0 spiro atoms. The maximum atomic E-state index is 11.6. The van der Waals surface area contributed by atoms with Crippen molar-refractivity contribution in [3.63, 3.8) is 0 Å². The number of carbonyl (C=O) groups excluding carboxylic acids is 1. The topological polar surface area (TPSA) is 75.5 Å². The van der Waals surface area contributed by atoms with Gasteiger partial charge in [-0.15, -0.1) is 0 Å². The second-order valence-electron chi connectivity index (χ2n) is 4.90. The lowest BCUT2D eigenvalue weighted by Crippen LogP contribution is -2.20. The Kier molecular flexibility index (Phi) is 3.06. The molecule has 0 aromatic heterocycles. The Hall–Kier alpha value is -2.89. The highest BCUT2D eigenvalue weighted by Gasteiger charge is 2.23. The van der Waals surface area contributed by atoms with E-state index in [1.165, 1.54) is 12.1 Å². The zero-order valence-electron chi connectivity index (χ0n) is 11.4. The molecule has 2 aromatic carbocycles. The third-order valence-corrected chi connectivity index (χ3v) is 3.52. The first-order valence-corrected chi connectivity index (χ1v) is 6.45. The van der Waals surface area contributed by atoms with Crippen molar-refractivity contribution in [3.8, 4) is 0 Å². The SMILES string of the molecule is CN1C(=O)Cc2cc(Nc3ccc([N+](=O)[O-])cc3)ccc21. The fraction of sp³-hybridized carbons (Fsp3) is 0.133. The fourth-order valence-corrected chi connectivity index (χ4v) is 2.38. The van der Waals surface area contributed by atoms with Crippen LogP contribution in [0.3, 0.4) is 0 Å². The van der Waals surface area contributed by atoms with Gasteiger partial charge in [-0.3, -0.25) is 14.9 Å². The molecule has 1 amide bonds. The van der Waals surface area contributed by atoms with Gasteiger partial charge in [0.2, 0.25) is 5.91 Å². The molecular formula is C15H13N3O3. The number of non-ortho nitro benzene ring substituents is 1. The standard InChI is InChI=1S/C15H13N3O3/c1-17-14-7-4-12(8-10(14)9-15(17)19)16-11-2-5-13(6-3-11)18(20)21/h2-8,16H,9H2,1H3. The zero-order valence-corrected chi connectivity index (χ0v) is 11.4. The summed E-state index contributed by atoms with van der Waals surface area (Å²) in [6.45, 7) is 0. The number of benzene rings is 2. The Morgan fingerprint density at radius 3 is 2.48 bits per heavy atom. The summed E-state index contributed by atoms with van der Waals surface area (Å²) < 4.78 is 0. The largest absolute Gasteiger partial charge is 0.356 e. The highest BCUT2D eigenvalue weighted by molar-refractivity contribution is 6.01. The van der Waals surface area contributed by atoms with E-state index >= 15 is 0 Å². The molecule has 0 aliphatic carbocycles. The monoisotopic (exact) mass is 283 g/mol. The molecule has 6 nitrogen and oxygen atoms in total. The summed E-state index contributed by atoms with van der Waals surface area (Å²) in [5.41, 5.74) is 3.58. The number of anilines is 3. The van der Waals surface area contributed by atoms with Gasteiger partial charge in [-0.2, -0.15) is 0 Å². The average Bonchev–Trinajstić information content (AvgIpc) is 2.74. The van der Waals surface area contributed by atoms with Crippen LogP contribution in [-0.4, -0.2) is 17.9 Å². The van der Waals surface area contributed by atoms with Crippen LogP contribution >= 0.6 is 0 Å². The van der Waals surface area contributed by atoms with Gasteiger partial charge in [0, 0.05) is 36.2 Å². The normalized spacial score (nSPS) is 13.2. The Labute approximate surface area is 121 Å². The van der Waals surface area contributed by atoms with E-state index in [4.69, 9.17) is 0 Å². The van der Waals surface area contributed by atoms with Gasteiger partial charge in [0.1, 0.15) is 0 Å². The lowest BCUT2D eigenvalue weighted by molar-refractivity contribution is -0.384. The molecule has 3 rings (SSSR count). The number of carbonyl (C=O) groups is 1. The van der Waals surface area contributed by atoms with Crippen LogP contribution in [0.1, 0.15) is 5.56 Å². The van der Waals surface area contributed by atoms with Crippen molar-refractivity contribution in [2.24, 2.45) is 0 Å². The Morgan fingerprint density at radius 1 is 1.14 bits per heavy atom. The van der Waals surface area contributed by atoms with E-state index in [9.17, 15) is 14.9 Å². The molecule has 1 aliphatic rings. The van der Waals surface area contributed by atoms with Crippen molar-refractivity contribution in [2.75, 3.05) is 17.3 Å². The van der Waals surface area contributed by atoms with Crippen LogP contribution in [0.4, 0.5) is 22.7 Å². The van der Waals surface area contributed by atoms with Crippen LogP contribution in [-0.2, 0) is 11.2 Å². The number of likely N-dealkylation sites (N-methyl/N-ethyl adjacent to an activating group) is 1. The molecule has 0 saturated heterocycles. The lowest BCUT2D eigenvalue weighted by Gasteiger charge is -2.11. The lowest BCUT2D eigenvalue weighted by atomic mass is 10.1. The summed E-state index contributed by atoms with van der Waals surface area (Å²) in [7, 11) is 1.76. The second kappa shape index (κ2) is 4.90. The molecule has 0 radical (unpaired) electrons. The summed E-state index contributed by atoms with van der Waals surface area (Å²) in [6, 6.07) is 11.9. The van der Waals surface area contributed by atoms with Crippen LogP contribution in [0, 0.1) is 10.1 Å². The van der Waals surface area contributed by atoms with Crippen LogP contribution in [0.5, 0.6) is 0 Å². The average molecular weight is 283 g/mol. The van der Waals surface area contributed by atoms with Crippen LogP contribution in [0.25, 0.3) is 0 Å². The molecule has 0 saturated carbocycles. The first-order valence-electron chi connectivity index (χ1n) is 6.45. The number of hydrogen-bond acceptors (Lipinski definition) is 4. The fourth-order valence-electron chi connectivity index (χ4n) is 2.38. The first-order chi connectivity index (χ1) is 10.0. The second-order valence-corrected chi connectivity index (χ2v) is 4.90. The predicted octanol–water partition coefficient (Wildman–Crippen LogP) is 2.86. The maximum absolute atomic E-state index is 11.6. The van der Waals surface area contributed by atoms with Gasteiger partial charge in [-0.25, -0.2) is 0 Å². The Balaban J connectivity index is 1.81. The van der Waals surface area contributed by atoms with Gasteiger partial charge in [0.15, 0.2) is 0 Å². The number of nitrogens with one attached hydrogen (secondary N) is 1. The molecule has 0 bridgehead atoms. The molecule has 0 fully saturated rings. The van der Waals surface area contributed by atoms with Crippen molar-refractivity contribution in [1.82, 2.24) is 0 Å². The van der Waals surface area contributed by atoms with E-state index in [2.05, 4.69) is 5.32 Å². The molecule has 0 unspecified atom stereocenters. The molecule has 106 valence electrons. The van der Waals surface area contributed by atoms with E-state index < -0.39 is 4.92 Å². The quantitative estimate of drug-likeness (QED) is 0.694. The molecular weight excluding hydrogens is 270 g/mol. The molecule has 1 aliphatic heterocycles. The van der Waals surface area contributed by atoms with Gasteiger partial charge in [0.25, 0.3) is 5.69 Å². The summed E-state index contributed by atoms with van der Waals surface area (Å²) in [5, 5.41) is 13.8. The minimum absolute atomic E-state index is 0.0572. The van der Waals surface area contributed by atoms with Crippen molar-refractivity contribution in [3.05, 3.63) is 58.1 Å². The van der Waals surface area contributed by atoms with Gasteiger partial charge in [0.05, 0.1) is 11.3 Å². The summed E-state index contributed by atoms with van der Waals surface area (Å²) >= 11 is 0. The smallest absolute Gasteiger partial charge is 0.269 e. The van der Waals surface area contributed by atoms with Crippen molar-refractivity contribution in [1.29, 1.82) is 0 Å². The highest BCUT2D eigenvalue weighted by atomic mass is 16.6. The Bertz CT molecular complexity index is 725. The third kappa shape index (κ3) is 2.43.